The number of nitrogens with one attached hydrogen (secondary N) is 2. The molecule has 0 radical (unpaired) electrons. The fourth-order valence-electron chi connectivity index (χ4n) is 1.21. The molecule has 0 saturated heterocycles. The molecule has 1 aromatic rings. The standard InChI is InChI=1S/C12H19N5O/c1-9(2)7-15-12(17-11(13)18)16-8-10-5-3-4-6-14-10/h3-6,9H,7-8H2,1-2H3,(H4,13,15,16,17,18). The van der Waals surface area contributed by atoms with Crippen molar-refractivity contribution in [3.8, 4) is 0 Å². The second kappa shape index (κ2) is 7.26. The van der Waals surface area contributed by atoms with Crippen LogP contribution in [0.15, 0.2) is 29.4 Å². The summed E-state index contributed by atoms with van der Waals surface area (Å²) in [5, 5.41) is 5.49. The molecule has 0 bridgehead atoms. The first-order valence-corrected chi connectivity index (χ1v) is 5.82. The van der Waals surface area contributed by atoms with Crippen LogP contribution in [0.25, 0.3) is 0 Å². The van der Waals surface area contributed by atoms with Crippen molar-refractivity contribution in [3.05, 3.63) is 30.1 Å². The number of carbonyl (C=O) groups is 1. The highest BCUT2D eigenvalue weighted by molar-refractivity contribution is 5.95. The Kier molecular flexibility index (Phi) is 5.63. The zero-order chi connectivity index (χ0) is 13.4. The molecule has 18 heavy (non-hydrogen) atoms. The summed E-state index contributed by atoms with van der Waals surface area (Å²) in [4.78, 5) is 19.2. The Morgan fingerprint density at radius 1 is 1.50 bits per heavy atom. The predicted octanol–water partition coefficient (Wildman–Crippen LogP) is 0.852. The number of carbonyl (C=O) groups excluding carboxylic acids is 1. The van der Waals surface area contributed by atoms with Gasteiger partial charge in [-0.3, -0.25) is 10.3 Å². The number of hydrogen-bond donors (Lipinski definition) is 3. The average Bonchev–Trinajstić information content (AvgIpc) is 2.33. The van der Waals surface area contributed by atoms with Crippen LogP contribution in [-0.2, 0) is 6.54 Å². The number of rotatable bonds is 4. The maximum absolute atomic E-state index is 10.8. The summed E-state index contributed by atoms with van der Waals surface area (Å²) in [6.45, 7) is 5.23. The first-order valence-electron chi connectivity index (χ1n) is 5.82. The van der Waals surface area contributed by atoms with Gasteiger partial charge in [0, 0.05) is 12.7 Å². The highest BCUT2D eigenvalue weighted by Gasteiger charge is 2.03. The van der Waals surface area contributed by atoms with E-state index in [-0.39, 0.29) is 0 Å². The SMILES string of the molecule is CC(C)CNC(=NCc1ccccn1)NC(N)=O. The highest BCUT2D eigenvalue weighted by atomic mass is 16.2. The molecule has 0 aliphatic carbocycles. The van der Waals surface area contributed by atoms with Crippen LogP contribution in [0, 0.1) is 5.92 Å². The minimum atomic E-state index is -0.633. The maximum atomic E-state index is 10.8. The molecular formula is C12H19N5O. The normalized spacial score (nSPS) is 11.4. The fraction of sp³-hybridized carbons (Fsp3) is 0.417. The van der Waals surface area contributed by atoms with Gasteiger partial charge in [0.15, 0.2) is 5.96 Å². The van der Waals surface area contributed by atoms with Crippen LogP contribution in [0.3, 0.4) is 0 Å². The van der Waals surface area contributed by atoms with Crippen molar-refractivity contribution >= 4 is 12.0 Å². The van der Waals surface area contributed by atoms with Crippen molar-refractivity contribution in [2.45, 2.75) is 20.4 Å². The van der Waals surface area contributed by atoms with Gasteiger partial charge in [-0.25, -0.2) is 9.79 Å². The van der Waals surface area contributed by atoms with Crippen LogP contribution in [0.1, 0.15) is 19.5 Å². The number of aliphatic imine (C=N–C) groups is 1. The van der Waals surface area contributed by atoms with Crippen LogP contribution in [0.2, 0.25) is 0 Å². The molecule has 2 amide bonds. The molecule has 0 aliphatic heterocycles. The summed E-state index contributed by atoms with van der Waals surface area (Å²) in [6, 6.07) is 4.97. The zero-order valence-electron chi connectivity index (χ0n) is 10.7. The maximum Gasteiger partial charge on any atom is 0.318 e. The first-order chi connectivity index (χ1) is 8.58. The lowest BCUT2D eigenvalue weighted by molar-refractivity contribution is 0.252. The van der Waals surface area contributed by atoms with Crippen molar-refractivity contribution in [2.75, 3.05) is 6.54 Å². The molecule has 1 heterocycles. The van der Waals surface area contributed by atoms with E-state index in [1.54, 1.807) is 6.20 Å². The second-order valence-electron chi connectivity index (χ2n) is 4.25. The molecule has 6 nitrogen and oxygen atoms in total. The number of amides is 2. The molecule has 1 aromatic heterocycles. The van der Waals surface area contributed by atoms with Crippen LogP contribution in [0.4, 0.5) is 4.79 Å². The van der Waals surface area contributed by atoms with Gasteiger partial charge in [-0.2, -0.15) is 0 Å². The summed E-state index contributed by atoms with van der Waals surface area (Å²) in [5.74, 6) is 0.821. The van der Waals surface area contributed by atoms with E-state index in [4.69, 9.17) is 5.73 Å². The predicted molar refractivity (Wildman–Crippen MR) is 70.9 cm³/mol. The van der Waals surface area contributed by atoms with E-state index in [0.717, 1.165) is 5.69 Å². The summed E-state index contributed by atoms with van der Waals surface area (Å²) < 4.78 is 0. The van der Waals surface area contributed by atoms with Crippen molar-refractivity contribution in [1.29, 1.82) is 0 Å². The third-order valence-corrected chi connectivity index (χ3v) is 2.04. The number of primary amides is 1. The lowest BCUT2D eigenvalue weighted by Gasteiger charge is -2.11. The fourth-order valence-corrected chi connectivity index (χ4v) is 1.21. The van der Waals surface area contributed by atoms with Crippen LogP contribution >= 0.6 is 0 Å². The monoisotopic (exact) mass is 249 g/mol. The Balaban J connectivity index is 2.60. The van der Waals surface area contributed by atoms with Crippen molar-refractivity contribution in [3.63, 3.8) is 0 Å². The molecule has 0 aromatic carbocycles. The Bertz CT molecular complexity index is 402. The van der Waals surface area contributed by atoms with E-state index < -0.39 is 6.03 Å². The van der Waals surface area contributed by atoms with Gasteiger partial charge in [0.2, 0.25) is 0 Å². The average molecular weight is 249 g/mol. The topological polar surface area (TPSA) is 92.4 Å². The van der Waals surface area contributed by atoms with E-state index in [9.17, 15) is 4.79 Å². The van der Waals surface area contributed by atoms with Gasteiger partial charge in [-0.05, 0) is 18.1 Å². The molecular weight excluding hydrogens is 230 g/mol. The van der Waals surface area contributed by atoms with Crippen molar-refractivity contribution in [2.24, 2.45) is 16.6 Å². The molecule has 0 atom stereocenters. The van der Waals surface area contributed by atoms with Gasteiger partial charge in [0.1, 0.15) is 0 Å². The molecule has 4 N–H and O–H groups in total. The van der Waals surface area contributed by atoms with E-state index in [1.807, 2.05) is 18.2 Å². The minimum Gasteiger partial charge on any atom is -0.356 e. The van der Waals surface area contributed by atoms with Gasteiger partial charge >= 0.3 is 6.03 Å². The minimum absolute atomic E-state index is 0.377. The van der Waals surface area contributed by atoms with Crippen LogP contribution in [-0.4, -0.2) is 23.5 Å². The molecule has 0 spiro atoms. The van der Waals surface area contributed by atoms with E-state index >= 15 is 0 Å². The number of urea groups is 1. The summed E-state index contributed by atoms with van der Waals surface area (Å²) in [6.07, 6.45) is 1.70. The molecule has 98 valence electrons. The Labute approximate surface area is 107 Å². The molecule has 1 rings (SSSR count). The highest BCUT2D eigenvalue weighted by Crippen LogP contribution is 1.95. The molecule has 0 saturated carbocycles. The van der Waals surface area contributed by atoms with Gasteiger partial charge in [0.25, 0.3) is 0 Å². The quantitative estimate of drug-likeness (QED) is 0.545. The summed E-state index contributed by atoms with van der Waals surface area (Å²) in [7, 11) is 0. The van der Waals surface area contributed by atoms with Crippen molar-refractivity contribution in [1.82, 2.24) is 15.6 Å². The molecule has 0 aliphatic rings. The molecule has 0 unspecified atom stereocenters. The van der Waals surface area contributed by atoms with Crippen LogP contribution < -0.4 is 16.4 Å². The third-order valence-electron chi connectivity index (χ3n) is 2.04. The van der Waals surface area contributed by atoms with Gasteiger partial charge < -0.3 is 11.1 Å². The largest absolute Gasteiger partial charge is 0.356 e. The lowest BCUT2D eigenvalue weighted by Crippen LogP contribution is -2.44. The zero-order valence-corrected chi connectivity index (χ0v) is 10.7. The number of guanidine groups is 1. The van der Waals surface area contributed by atoms with Gasteiger partial charge in [-0.1, -0.05) is 19.9 Å². The second-order valence-corrected chi connectivity index (χ2v) is 4.25. The smallest absolute Gasteiger partial charge is 0.318 e. The third kappa shape index (κ3) is 5.83. The lowest BCUT2D eigenvalue weighted by atomic mass is 10.2. The number of hydrogen-bond acceptors (Lipinski definition) is 3. The molecule has 0 fully saturated rings. The number of aromatic nitrogens is 1. The Morgan fingerprint density at radius 2 is 2.28 bits per heavy atom. The van der Waals surface area contributed by atoms with E-state index in [1.165, 1.54) is 0 Å². The number of nitrogens with two attached hydrogens (primary N) is 1. The summed E-state index contributed by atoms with van der Waals surface area (Å²) in [5.41, 5.74) is 5.91. The van der Waals surface area contributed by atoms with Gasteiger partial charge in [-0.15, -0.1) is 0 Å². The van der Waals surface area contributed by atoms with Gasteiger partial charge in [0.05, 0.1) is 12.2 Å². The Hall–Kier alpha value is -2.11. The molecule has 6 heteroatoms. The van der Waals surface area contributed by atoms with E-state index in [2.05, 4.69) is 34.5 Å². The first kappa shape index (κ1) is 14.0. The Morgan fingerprint density at radius 3 is 2.83 bits per heavy atom. The van der Waals surface area contributed by atoms with Crippen LogP contribution in [0.5, 0.6) is 0 Å². The number of pyridine rings is 1. The van der Waals surface area contributed by atoms with E-state index in [0.29, 0.717) is 25.0 Å². The number of nitrogens with zero attached hydrogens (tertiary/aromatic N) is 2. The van der Waals surface area contributed by atoms with Crippen molar-refractivity contribution < 1.29 is 4.79 Å². The summed E-state index contributed by atoms with van der Waals surface area (Å²) >= 11 is 0.